The summed E-state index contributed by atoms with van der Waals surface area (Å²) in [5, 5.41) is 26.5. The lowest BCUT2D eigenvalue weighted by atomic mass is 10.00. The molecule has 0 saturated carbocycles. The van der Waals surface area contributed by atoms with Gasteiger partial charge < -0.3 is 20.4 Å². The summed E-state index contributed by atoms with van der Waals surface area (Å²) in [6.45, 7) is 11.5. The molecule has 2 heterocycles. The van der Waals surface area contributed by atoms with E-state index in [1.54, 1.807) is 24.3 Å². The van der Waals surface area contributed by atoms with E-state index in [0.717, 1.165) is 5.56 Å². The number of aromatic nitrogens is 1. The highest BCUT2D eigenvalue weighted by atomic mass is 32.2. The SMILES string of the molecule is CC(C)CN(c1ccc(C(C)C)c[n+]1[O-])S(=O)(=O)c1ccc(C(O)CNC2(C)COC2)cc1. The summed E-state index contributed by atoms with van der Waals surface area (Å²) < 4.78 is 34.0. The van der Waals surface area contributed by atoms with E-state index in [-0.39, 0.29) is 34.6 Å². The molecular formula is C24H35N3O5S. The number of benzene rings is 1. The molecule has 182 valence electrons. The van der Waals surface area contributed by atoms with Gasteiger partial charge in [-0.1, -0.05) is 39.8 Å². The molecule has 3 rings (SSSR count). The topological polar surface area (TPSA) is 106 Å². The van der Waals surface area contributed by atoms with Gasteiger partial charge >= 0.3 is 10.0 Å². The Hall–Kier alpha value is -2.20. The van der Waals surface area contributed by atoms with Crippen LogP contribution in [0.3, 0.4) is 0 Å². The van der Waals surface area contributed by atoms with Crippen LogP contribution in [-0.4, -0.2) is 45.4 Å². The number of ether oxygens (including phenoxy) is 1. The number of nitrogens with zero attached hydrogens (tertiary/aromatic N) is 2. The molecule has 2 aromatic rings. The normalized spacial score (nSPS) is 16.6. The van der Waals surface area contributed by atoms with Gasteiger partial charge in [-0.05, 0) is 48.1 Å². The summed E-state index contributed by atoms with van der Waals surface area (Å²) in [6, 6.07) is 9.53. The first-order valence-electron chi connectivity index (χ1n) is 11.3. The van der Waals surface area contributed by atoms with Gasteiger partial charge in [-0.25, -0.2) is 4.73 Å². The summed E-state index contributed by atoms with van der Waals surface area (Å²) >= 11 is 0. The van der Waals surface area contributed by atoms with Crippen LogP contribution in [-0.2, 0) is 14.8 Å². The van der Waals surface area contributed by atoms with Crippen LogP contribution in [0.2, 0.25) is 0 Å². The molecule has 0 spiro atoms. The highest BCUT2D eigenvalue weighted by molar-refractivity contribution is 7.92. The average Bonchev–Trinajstić information content (AvgIpc) is 2.74. The molecule has 9 heteroatoms. The Morgan fingerprint density at radius 2 is 1.73 bits per heavy atom. The van der Waals surface area contributed by atoms with Crippen LogP contribution < -0.4 is 14.4 Å². The second kappa shape index (κ2) is 9.97. The fourth-order valence-electron chi connectivity index (χ4n) is 3.63. The van der Waals surface area contributed by atoms with Crippen molar-refractivity contribution < 1.29 is 23.0 Å². The summed E-state index contributed by atoms with van der Waals surface area (Å²) in [5.74, 6) is 0.230. The molecule has 1 saturated heterocycles. The minimum absolute atomic E-state index is 0.00794. The Morgan fingerprint density at radius 3 is 2.21 bits per heavy atom. The summed E-state index contributed by atoms with van der Waals surface area (Å²) in [7, 11) is -3.98. The van der Waals surface area contributed by atoms with Crippen molar-refractivity contribution in [2.75, 3.05) is 30.6 Å². The van der Waals surface area contributed by atoms with E-state index in [1.807, 2.05) is 34.6 Å². The highest BCUT2D eigenvalue weighted by Gasteiger charge is 2.35. The van der Waals surface area contributed by atoms with Gasteiger partial charge in [0.15, 0.2) is 0 Å². The number of aliphatic hydroxyl groups excluding tert-OH is 1. The van der Waals surface area contributed by atoms with E-state index in [0.29, 0.717) is 30.1 Å². The first-order chi connectivity index (χ1) is 15.4. The smallest absolute Gasteiger partial charge is 0.331 e. The largest absolute Gasteiger partial charge is 0.711 e. The van der Waals surface area contributed by atoms with Crippen LogP contribution in [0.4, 0.5) is 5.82 Å². The van der Waals surface area contributed by atoms with Crippen molar-refractivity contribution in [1.29, 1.82) is 0 Å². The van der Waals surface area contributed by atoms with E-state index in [1.165, 1.54) is 22.6 Å². The summed E-state index contributed by atoms with van der Waals surface area (Å²) in [4.78, 5) is 0.0688. The van der Waals surface area contributed by atoms with E-state index in [4.69, 9.17) is 4.74 Å². The van der Waals surface area contributed by atoms with Crippen molar-refractivity contribution in [2.45, 2.75) is 57.1 Å². The monoisotopic (exact) mass is 477 g/mol. The third-order valence-corrected chi connectivity index (χ3v) is 7.57. The maximum absolute atomic E-state index is 13.5. The number of rotatable bonds is 10. The Balaban J connectivity index is 1.84. The molecule has 2 N–H and O–H groups in total. The second-order valence-electron chi connectivity index (χ2n) is 9.75. The number of pyridine rings is 1. The molecular weight excluding hydrogens is 442 g/mol. The number of sulfonamides is 1. The van der Waals surface area contributed by atoms with Crippen LogP contribution in [0.15, 0.2) is 47.5 Å². The van der Waals surface area contributed by atoms with Gasteiger partial charge in [0.2, 0.25) is 0 Å². The second-order valence-corrected chi connectivity index (χ2v) is 11.6. The molecule has 1 aliphatic rings. The summed E-state index contributed by atoms with van der Waals surface area (Å²) in [5.41, 5.74) is 1.31. The molecule has 1 unspecified atom stereocenters. The quantitative estimate of drug-likeness (QED) is 0.403. The first-order valence-corrected chi connectivity index (χ1v) is 12.7. The maximum atomic E-state index is 13.5. The first kappa shape index (κ1) is 25.4. The highest BCUT2D eigenvalue weighted by Crippen LogP contribution is 2.25. The summed E-state index contributed by atoms with van der Waals surface area (Å²) in [6.07, 6.45) is 0.654. The molecule has 1 fully saturated rings. The van der Waals surface area contributed by atoms with Crippen LogP contribution in [0, 0.1) is 11.1 Å². The Morgan fingerprint density at radius 1 is 1.12 bits per heavy atom. The number of nitrogens with one attached hydrogen (secondary N) is 1. The van der Waals surface area contributed by atoms with Crippen LogP contribution >= 0.6 is 0 Å². The van der Waals surface area contributed by atoms with Crippen molar-refractivity contribution in [1.82, 2.24) is 5.32 Å². The van der Waals surface area contributed by atoms with Crippen molar-refractivity contribution in [3.8, 4) is 0 Å². The third-order valence-electron chi connectivity index (χ3n) is 5.79. The zero-order chi connectivity index (χ0) is 24.4. The van der Waals surface area contributed by atoms with Crippen molar-refractivity contribution in [3.05, 3.63) is 58.9 Å². The fraction of sp³-hybridized carbons (Fsp3) is 0.542. The Labute approximate surface area is 196 Å². The molecule has 0 aliphatic carbocycles. The molecule has 8 nitrogen and oxygen atoms in total. The number of β-amino-alcohol motifs (C(OH)–C–C–N with tert-alkyl or cyclic N) is 1. The van der Waals surface area contributed by atoms with Gasteiger partial charge in [-0.3, -0.25) is 0 Å². The lowest BCUT2D eigenvalue weighted by Gasteiger charge is -2.39. The third kappa shape index (κ3) is 5.84. The molecule has 33 heavy (non-hydrogen) atoms. The van der Waals surface area contributed by atoms with Gasteiger partial charge in [0.1, 0.15) is 11.4 Å². The predicted octanol–water partition coefficient (Wildman–Crippen LogP) is 2.71. The molecule has 0 bridgehead atoms. The van der Waals surface area contributed by atoms with E-state index >= 15 is 0 Å². The number of hydrogen-bond donors (Lipinski definition) is 2. The number of aliphatic hydroxyl groups is 1. The molecule has 1 aliphatic heterocycles. The average molecular weight is 478 g/mol. The lowest BCUT2D eigenvalue weighted by Crippen LogP contribution is -2.58. The molecule has 0 radical (unpaired) electrons. The van der Waals surface area contributed by atoms with E-state index in [9.17, 15) is 18.7 Å². The molecule has 1 atom stereocenters. The maximum Gasteiger partial charge on any atom is 0.331 e. The van der Waals surface area contributed by atoms with E-state index in [2.05, 4.69) is 5.32 Å². The molecule has 1 aromatic heterocycles. The number of anilines is 1. The Kier molecular flexibility index (Phi) is 7.68. The minimum atomic E-state index is -3.98. The van der Waals surface area contributed by atoms with Gasteiger partial charge in [-0.2, -0.15) is 8.42 Å². The van der Waals surface area contributed by atoms with Gasteiger partial charge in [-0.15, -0.1) is 4.31 Å². The molecule has 1 aromatic carbocycles. The van der Waals surface area contributed by atoms with Crippen LogP contribution in [0.1, 0.15) is 57.8 Å². The number of hydrogen-bond acceptors (Lipinski definition) is 6. The fourth-order valence-corrected chi connectivity index (χ4v) is 5.25. The predicted molar refractivity (Wildman–Crippen MR) is 127 cm³/mol. The van der Waals surface area contributed by atoms with Gasteiger partial charge in [0.05, 0.1) is 31.1 Å². The zero-order valence-electron chi connectivity index (χ0n) is 20.0. The van der Waals surface area contributed by atoms with Crippen molar-refractivity contribution >= 4 is 15.8 Å². The molecule has 0 amide bonds. The van der Waals surface area contributed by atoms with Gasteiger partial charge in [0.25, 0.3) is 5.82 Å². The van der Waals surface area contributed by atoms with Crippen molar-refractivity contribution in [2.24, 2.45) is 5.92 Å². The van der Waals surface area contributed by atoms with E-state index < -0.39 is 16.1 Å². The standard InChI is InChI=1S/C24H35N3O5S/c1-17(2)13-27(23-11-8-20(18(3)4)14-26(23)29)33(30,31)21-9-6-19(7-10-21)22(28)12-25-24(5)15-32-16-24/h6-11,14,17-18,22,25,28H,12-13,15-16H2,1-5H3. The van der Waals surface area contributed by atoms with Crippen LogP contribution in [0.5, 0.6) is 0 Å². The Bertz CT molecular complexity index is 1050. The van der Waals surface area contributed by atoms with Gasteiger partial charge in [0, 0.05) is 12.6 Å². The van der Waals surface area contributed by atoms with Crippen LogP contribution in [0.25, 0.3) is 0 Å². The van der Waals surface area contributed by atoms with Crippen molar-refractivity contribution in [3.63, 3.8) is 0 Å². The minimum Gasteiger partial charge on any atom is -0.711 e. The lowest BCUT2D eigenvalue weighted by molar-refractivity contribution is -0.592. The zero-order valence-corrected chi connectivity index (χ0v) is 20.8.